The van der Waals surface area contributed by atoms with Gasteiger partial charge in [-0.25, -0.2) is 0 Å². The number of nitrogens with zero attached hydrogens (tertiary/aromatic N) is 1. The summed E-state index contributed by atoms with van der Waals surface area (Å²) in [7, 11) is 0. The quantitative estimate of drug-likeness (QED) is 0.853. The van der Waals surface area contributed by atoms with Crippen LogP contribution < -0.4 is 11.1 Å². The third kappa shape index (κ3) is 2.97. The Morgan fingerprint density at radius 3 is 2.71 bits per heavy atom. The standard InChI is InChI=1S/C13H14BrN3/c1-9-6-13(11(14)7-12(9)15)17-8-10-2-4-16-5-3-10/h2-7,17H,8,15H2,1H3. The third-order valence-electron chi connectivity index (χ3n) is 2.59. The van der Waals surface area contributed by atoms with Gasteiger partial charge < -0.3 is 11.1 Å². The maximum atomic E-state index is 5.83. The van der Waals surface area contributed by atoms with E-state index in [1.165, 1.54) is 5.56 Å². The van der Waals surface area contributed by atoms with Gasteiger partial charge in [-0.05, 0) is 58.2 Å². The molecule has 17 heavy (non-hydrogen) atoms. The van der Waals surface area contributed by atoms with Crippen molar-refractivity contribution >= 4 is 27.3 Å². The fraction of sp³-hybridized carbons (Fsp3) is 0.154. The van der Waals surface area contributed by atoms with E-state index < -0.39 is 0 Å². The lowest BCUT2D eigenvalue weighted by molar-refractivity contribution is 1.12. The van der Waals surface area contributed by atoms with Gasteiger partial charge in [0.2, 0.25) is 0 Å². The monoisotopic (exact) mass is 291 g/mol. The Balaban J connectivity index is 2.12. The average Bonchev–Trinajstić information content (AvgIpc) is 2.33. The van der Waals surface area contributed by atoms with E-state index >= 15 is 0 Å². The molecule has 2 rings (SSSR count). The molecule has 1 aromatic heterocycles. The van der Waals surface area contributed by atoms with Crippen LogP contribution in [-0.4, -0.2) is 4.98 Å². The summed E-state index contributed by atoms with van der Waals surface area (Å²) in [5.74, 6) is 0. The molecule has 3 N–H and O–H groups in total. The molecule has 0 aliphatic heterocycles. The number of nitrogen functional groups attached to an aromatic ring is 1. The zero-order valence-corrected chi connectivity index (χ0v) is 11.2. The molecule has 0 spiro atoms. The van der Waals surface area contributed by atoms with Gasteiger partial charge in [-0.3, -0.25) is 4.98 Å². The Morgan fingerprint density at radius 2 is 2.00 bits per heavy atom. The van der Waals surface area contributed by atoms with Crippen LogP contribution in [0.5, 0.6) is 0 Å². The summed E-state index contributed by atoms with van der Waals surface area (Å²) in [4.78, 5) is 3.99. The van der Waals surface area contributed by atoms with Crippen LogP contribution in [-0.2, 0) is 6.54 Å². The van der Waals surface area contributed by atoms with Crippen LogP contribution in [0.25, 0.3) is 0 Å². The van der Waals surface area contributed by atoms with Crippen LogP contribution in [0.3, 0.4) is 0 Å². The summed E-state index contributed by atoms with van der Waals surface area (Å²) in [6, 6.07) is 7.95. The van der Waals surface area contributed by atoms with Crippen molar-refractivity contribution in [2.45, 2.75) is 13.5 Å². The molecule has 0 saturated heterocycles. The van der Waals surface area contributed by atoms with Crippen molar-refractivity contribution in [3.8, 4) is 0 Å². The van der Waals surface area contributed by atoms with Gasteiger partial charge in [-0.15, -0.1) is 0 Å². The first-order valence-electron chi connectivity index (χ1n) is 5.35. The molecule has 0 radical (unpaired) electrons. The molecule has 88 valence electrons. The van der Waals surface area contributed by atoms with E-state index in [1.54, 1.807) is 12.4 Å². The fourth-order valence-corrected chi connectivity index (χ4v) is 2.03. The molecule has 3 nitrogen and oxygen atoms in total. The first kappa shape index (κ1) is 11.9. The third-order valence-corrected chi connectivity index (χ3v) is 3.24. The second-order valence-corrected chi connectivity index (χ2v) is 4.75. The van der Waals surface area contributed by atoms with Crippen molar-refractivity contribution in [3.63, 3.8) is 0 Å². The number of nitrogens with one attached hydrogen (secondary N) is 1. The molecule has 0 amide bonds. The Hall–Kier alpha value is -1.55. The van der Waals surface area contributed by atoms with E-state index in [-0.39, 0.29) is 0 Å². The second-order valence-electron chi connectivity index (χ2n) is 3.90. The van der Waals surface area contributed by atoms with E-state index in [4.69, 9.17) is 5.73 Å². The van der Waals surface area contributed by atoms with Gasteiger partial charge in [0.05, 0.1) is 0 Å². The molecule has 1 heterocycles. The molecule has 2 aromatic rings. The average molecular weight is 292 g/mol. The lowest BCUT2D eigenvalue weighted by atomic mass is 10.2. The summed E-state index contributed by atoms with van der Waals surface area (Å²) in [6.07, 6.45) is 3.58. The first-order chi connectivity index (χ1) is 8.16. The largest absolute Gasteiger partial charge is 0.398 e. The Kier molecular flexibility index (Phi) is 3.64. The minimum absolute atomic E-state index is 0.768. The van der Waals surface area contributed by atoms with E-state index in [9.17, 15) is 0 Å². The number of benzene rings is 1. The highest BCUT2D eigenvalue weighted by Gasteiger charge is 2.03. The Labute approximate surface area is 109 Å². The van der Waals surface area contributed by atoms with E-state index in [0.717, 1.165) is 28.0 Å². The predicted octanol–water partition coefficient (Wildman–Crippen LogP) is 3.35. The first-order valence-corrected chi connectivity index (χ1v) is 6.14. The van der Waals surface area contributed by atoms with E-state index in [0.29, 0.717) is 0 Å². The Morgan fingerprint density at radius 1 is 1.29 bits per heavy atom. The highest BCUT2D eigenvalue weighted by molar-refractivity contribution is 9.10. The van der Waals surface area contributed by atoms with Gasteiger partial charge in [0.1, 0.15) is 0 Å². The van der Waals surface area contributed by atoms with Crippen molar-refractivity contribution in [2.24, 2.45) is 0 Å². The second kappa shape index (κ2) is 5.19. The molecule has 0 aliphatic rings. The highest BCUT2D eigenvalue weighted by atomic mass is 79.9. The van der Waals surface area contributed by atoms with Crippen LogP contribution >= 0.6 is 15.9 Å². The highest BCUT2D eigenvalue weighted by Crippen LogP contribution is 2.28. The summed E-state index contributed by atoms with van der Waals surface area (Å²) in [6.45, 7) is 2.77. The van der Waals surface area contributed by atoms with Crippen LogP contribution in [0.4, 0.5) is 11.4 Å². The van der Waals surface area contributed by atoms with Crippen LogP contribution in [0.2, 0.25) is 0 Å². The van der Waals surface area contributed by atoms with E-state index in [2.05, 4.69) is 26.2 Å². The molecule has 0 atom stereocenters. The predicted molar refractivity (Wildman–Crippen MR) is 74.9 cm³/mol. The number of halogens is 1. The van der Waals surface area contributed by atoms with Crippen molar-refractivity contribution in [3.05, 3.63) is 52.3 Å². The minimum atomic E-state index is 0.768. The summed E-state index contributed by atoms with van der Waals surface area (Å²) in [5, 5.41) is 3.37. The lowest BCUT2D eigenvalue weighted by Crippen LogP contribution is -2.01. The van der Waals surface area contributed by atoms with Gasteiger partial charge in [0.25, 0.3) is 0 Å². The number of aryl methyl sites for hydroxylation is 1. The van der Waals surface area contributed by atoms with Crippen LogP contribution in [0.15, 0.2) is 41.1 Å². The van der Waals surface area contributed by atoms with Gasteiger partial charge in [0.15, 0.2) is 0 Å². The molecular formula is C13H14BrN3. The molecule has 0 aliphatic carbocycles. The maximum Gasteiger partial charge on any atom is 0.0491 e. The minimum Gasteiger partial charge on any atom is -0.398 e. The molecule has 0 unspecified atom stereocenters. The summed E-state index contributed by atoms with van der Waals surface area (Å²) < 4.78 is 0.981. The fourth-order valence-electron chi connectivity index (χ4n) is 1.53. The number of anilines is 2. The Bertz CT molecular complexity index is 512. The normalized spacial score (nSPS) is 10.2. The lowest BCUT2D eigenvalue weighted by Gasteiger charge is -2.11. The number of pyridine rings is 1. The molecule has 4 heteroatoms. The van der Waals surface area contributed by atoms with Crippen LogP contribution in [0.1, 0.15) is 11.1 Å². The van der Waals surface area contributed by atoms with Crippen LogP contribution in [0, 0.1) is 6.92 Å². The topological polar surface area (TPSA) is 50.9 Å². The zero-order chi connectivity index (χ0) is 12.3. The molecule has 0 bridgehead atoms. The molecule has 1 aromatic carbocycles. The molecular weight excluding hydrogens is 278 g/mol. The van der Waals surface area contributed by atoms with Crippen molar-refractivity contribution < 1.29 is 0 Å². The number of aromatic nitrogens is 1. The van der Waals surface area contributed by atoms with Gasteiger partial charge in [-0.1, -0.05) is 0 Å². The zero-order valence-electron chi connectivity index (χ0n) is 9.57. The van der Waals surface area contributed by atoms with E-state index in [1.807, 2.05) is 31.2 Å². The van der Waals surface area contributed by atoms with Crippen molar-refractivity contribution in [2.75, 3.05) is 11.1 Å². The molecule has 0 fully saturated rings. The number of hydrogen-bond acceptors (Lipinski definition) is 3. The van der Waals surface area contributed by atoms with Crippen molar-refractivity contribution in [1.29, 1.82) is 0 Å². The van der Waals surface area contributed by atoms with Gasteiger partial charge in [-0.2, -0.15) is 0 Å². The van der Waals surface area contributed by atoms with Crippen molar-refractivity contribution in [1.82, 2.24) is 4.98 Å². The maximum absolute atomic E-state index is 5.83. The van der Waals surface area contributed by atoms with Gasteiger partial charge >= 0.3 is 0 Å². The van der Waals surface area contributed by atoms with Gasteiger partial charge in [0, 0.05) is 34.8 Å². The number of hydrogen-bond donors (Lipinski definition) is 2. The summed E-state index contributed by atoms with van der Waals surface area (Å²) >= 11 is 3.50. The SMILES string of the molecule is Cc1cc(NCc2ccncc2)c(Br)cc1N. The molecule has 0 saturated carbocycles. The summed E-state index contributed by atoms with van der Waals surface area (Å²) in [5.41, 5.74) is 9.95. The number of rotatable bonds is 3. The number of nitrogens with two attached hydrogens (primary N) is 1. The smallest absolute Gasteiger partial charge is 0.0491 e.